The van der Waals surface area contributed by atoms with E-state index in [0.717, 1.165) is 9.39 Å². The molecule has 4 nitrogen and oxygen atoms in total. The summed E-state index contributed by atoms with van der Waals surface area (Å²) in [6, 6.07) is 5.66. The normalized spacial score (nSPS) is 9.71. The maximum absolute atomic E-state index is 8.84. The van der Waals surface area contributed by atoms with Crippen molar-refractivity contribution in [1.82, 2.24) is 14.5 Å². The Morgan fingerprint density at radius 3 is 3.07 bits per heavy atom. The second-order valence-electron chi connectivity index (χ2n) is 2.57. The van der Waals surface area contributed by atoms with Crippen LogP contribution in [0.4, 0.5) is 0 Å². The molecule has 0 aromatic carbocycles. The minimum absolute atomic E-state index is 0.571. The van der Waals surface area contributed by atoms with E-state index in [1.807, 2.05) is 12.3 Å². The Labute approximate surface area is 94.4 Å². The molecule has 0 spiro atoms. The molecular formula is C9H5IN4. The summed E-state index contributed by atoms with van der Waals surface area (Å²) in [5, 5.41) is 8.84. The van der Waals surface area contributed by atoms with E-state index in [9.17, 15) is 0 Å². The average Bonchev–Trinajstić information content (AvgIpc) is 2.66. The molecule has 0 unspecified atom stereocenters. The summed E-state index contributed by atoms with van der Waals surface area (Å²) in [7, 11) is 0. The van der Waals surface area contributed by atoms with Crippen molar-refractivity contribution in [3.63, 3.8) is 0 Å². The fraction of sp³-hybridized carbons (Fsp3) is 0. The van der Waals surface area contributed by atoms with E-state index in [2.05, 4.69) is 38.6 Å². The van der Waals surface area contributed by atoms with Gasteiger partial charge in [-0.3, -0.25) is 4.57 Å². The second-order valence-corrected chi connectivity index (χ2v) is 3.73. The third-order valence-corrected chi connectivity index (χ3v) is 2.50. The quantitative estimate of drug-likeness (QED) is 0.753. The maximum atomic E-state index is 8.84. The zero-order valence-electron chi connectivity index (χ0n) is 7.05. The smallest absolute Gasteiger partial charge is 0.154 e. The van der Waals surface area contributed by atoms with Gasteiger partial charge in [-0.2, -0.15) is 5.26 Å². The van der Waals surface area contributed by atoms with E-state index in [4.69, 9.17) is 5.26 Å². The van der Waals surface area contributed by atoms with Gasteiger partial charge in [0, 0.05) is 12.4 Å². The van der Waals surface area contributed by atoms with E-state index in [-0.39, 0.29) is 0 Å². The Hall–Kier alpha value is -1.42. The molecule has 0 bridgehead atoms. The zero-order valence-corrected chi connectivity index (χ0v) is 9.21. The van der Waals surface area contributed by atoms with Crippen molar-refractivity contribution in [2.75, 3.05) is 0 Å². The lowest BCUT2D eigenvalue weighted by Gasteiger charge is -2.04. The Balaban J connectivity index is 2.62. The van der Waals surface area contributed by atoms with Crippen LogP contribution >= 0.6 is 22.6 Å². The highest BCUT2D eigenvalue weighted by molar-refractivity contribution is 14.1. The van der Waals surface area contributed by atoms with Crippen LogP contribution in [0.15, 0.2) is 30.9 Å². The van der Waals surface area contributed by atoms with Crippen molar-refractivity contribution in [2.24, 2.45) is 0 Å². The Bertz CT molecular complexity index is 498. The molecule has 2 aromatic rings. The van der Waals surface area contributed by atoms with Crippen molar-refractivity contribution < 1.29 is 0 Å². The fourth-order valence-corrected chi connectivity index (χ4v) is 1.70. The molecule has 14 heavy (non-hydrogen) atoms. The summed E-state index contributed by atoms with van der Waals surface area (Å²) in [4.78, 5) is 8.02. The van der Waals surface area contributed by atoms with E-state index < -0.39 is 0 Å². The van der Waals surface area contributed by atoms with Crippen molar-refractivity contribution in [3.05, 3.63) is 40.1 Å². The van der Waals surface area contributed by atoms with Crippen LogP contribution in [0.2, 0.25) is 0 Å². The molecule has 0 atom stereocenters. The first-order valence-electron chi connectivity index (χ1n) is 3.86. The van der Waals surface area contributed by atoms with Crippen LogP contribution in [-0.4, -0.2) is 14.5 Å². The number of nitrogens with zero attached hydrogens (tertiary/aromatic N) is 4. The van der Waals surface area contributed by atoms with E-state index >= 15 is 0 Å². The molecular weight excluding hydrogens is 291 g/mol. The van der Waals surface area contributed by atoms with E-state index in [1.54, 1.807) is 16.8 Å². The number of halogens is 1. The number of hydrogen-bond acceptors (Lipinski definition) is 3. The molecule has 0 aliphatic rings. The average molecular weight is 296 g/mol. The van der Waals surface area contributed by atoms with Gasteiger partial charge in [-0.1, -0.05) is 0 Å². The summed E-state index contributed by atoms with van der Waals surface area (Å²) in [5.41, 5.74) is 0.571. The first-order chi connectivity index (χ1) is 6.83. The van der Waals surface area contributed by atoms with Crippen molar-refractivity contribution in [1.29, 1.82) is 5.26 Å². The molecule has 0 N–H and O–H groups in total. The molecule has 0 saturated carbocycles. The summed E-state index contributed by atoms with van der Waals surface area (Å²) < 4.78 is 2.65. The molecule has 2 aromatic heterocycles. The third kappa shape index (κ3) is 1.48. The van der Waals surface area contributed by atoms with Gasteiger partial charge in [0.2, 0.25) is 0 Å². The lowest BCUT2D eigenvalue weighted by atomic mass is 10.4. The van der Waals surface area contributed by atoms with Crippen molar-refractivity contribution in [2.45, 2.75) is 0 Å². The first-order valence-corrected chi connectivity index (χ1v) is 4.94. The molecule has 0 saturated heterocycles. The van der Waals surface area contributed by atoms with Crippen LogP contribution in [0.25, 0.3) is 5.82 Å². The van der Waals surface area contributed by atoms with Gasteiger partial charge in [0.05, 0.1) is 3.57 Å². The highest BCUT2D eigenvalue weighted by atomic mass is 127. The number of nitriles is 1. The lowest BCUT2D eigenvalue weighted by molar-refractivity contribution is 0.955. The van der Waals surface area contributed by atoms with Gasteiger partial charge in [0.25, 0.3) is 0 Å². The predicted octanol–water partition coefficient (Wildman–Crippen LogP) is 1.74. The topological polar surface area (TPSA) is 54.5 Å². The minimum Gasteiger partial charge on any atom is -0.292 e. The highest BCUT2D eigenvalue weighted by Crippen LogP contribution is 2.14. The number of rotatable bonds is 1. The Kier molecular flexibility index (Phi) is 2.45. The Morgan fingerprint density at radius 2 is 2.36 bits per heavy atom. The van der Waals surface area contributed by atoms with Gasteiger partial charge in [0.1, 0.15) is 18.1 Å². The van der Waals surface area contributed by atoms with Crippen LogP contribution in [0.5, 0.6) is 0 Å². The van der Waals surface area contributed by atoms with Crippen molar-refractivity contribution >= 4 is 22.6 Å². The summed E-state index contributed by atoms with van der Waals surface area (Å²) in [6.45, 7) is 0. The maximum Gasteiger partial charge on any atom is 0.154 e. The third-order valence-electron chi connectivity index (χ3n) is 1.74. The van der Waals surface area contributed by atoms with Gasteiger partial charge in [-0.25, -0.2) is 9.97 Å². The largest absolute Gasteiger partial charge is 0.292 e. The van der Waals surface area contributed by atoms with Gasteiger partial charge >= 0.3 is 0 Å². The van der Waals surface area contributed by atoms with Crippen molar-refractivity contribution in [3.8, 4) is 11.9 Å². The molecule has 0 radical (unpaired) electrons. The summed E-state index contributed by atoms with van der Waals surface area (Å²) in [6.07, 6.45) is 4.99. The minimum atomic E-state index is 0.571. The monoisotopic (exact) mass is 296 g/mol. The lowest BCUT2D eigenvalue weighted by Crippen LogP contribution is -2.01. The SMILES string of the molecule is N#Cc1cccn1-c1ncncc1I. The summed E-state index contributed by atoms with van der Waals surface area (Å²) >= 11 is 2.14. The first kappa shape index (κ1) is 9.15. The molecule has 0 amide bonds. The highest BCUT2D eigenvalue weighted by Gasteiger charge is 2.06. The standard InChI is InChI=1S/C9H5IN4/c10-8-5-12-6-13-9(8)14-3-1-2-7(14)4-11/h1-3,5-6H. The van der Waals surface area contributed by atoms with Crippen LogP contribution in [0.3, 0.4) is 0 Å². The van der Waals surface area contributed by atoms with Gasteiger partial charge in [-0.05, 0) is 34.7 Å². The molecule has 2 rings (SSSR count). The van der Waals surface area contributed by atoms with Crippen LogP contribution in [0, 0.1) is 14.9 Å². The van der Waals surface area contributed by atoms with Crippen LogP contribution < -0.4 is 0 Å². The molecule has 68 valence electrons. The molecule has 0 fully saturated rings. The second kappa shape index (κ2) is 3.75. The molecule has 0 aliphatic carbocycles. The zero-order chi connectivity index (χ0) is 9.97. The fourth-order valence-electron chi connectivity index (χ4n) is 1.14. The van der Waals surface area contributed by atoms with Crippen LogP contribution in [0.1, 0.15) is 5.69 Å². The van der Waals surface area contributed by atoms with Crippen LogP contribution in [-0.2, 0) is 0 Å². The molecule has 0 aliphatic heterocycles. The predicted molar refractivity (Wildman–Crippen MR) is 58.8 cm³/mol. The van der Waals surface area contributed by atoms with E-state index in [1.165, 1.54) is 6.33 Å². The van der Waals surface area contributed by atoms with E-state index in [0.29, 0.717) is 5.69 Å². The molecule has 5 heteroatoms. The van der Waals surface area contributed by atoms with Gasteiger partial charge < -0.3 is 0 Å². The number of aromatic nitrogens is 3. The van der Waals surface area contributed by atoms with Gasteiger partial charge in [-0.15, -0.1) is 0 Å². The molecule has 2 heterocycles. The summed E-state index contributed by atoms with van der Waals surface area (Å²) in [5.74, 6) is 0.738. The van der Waals surface area contributed by atoms with Gasteiger partial charge in [0.15, 0.2) is 5.82 Å². The number of hydrogen-bond donors (Lipinski definition) is 0. The Morgan fingerprint density at radius 1 is 1.50 bits per heavy atom.